The SMILES string of the molecule is Cc1cccc(C(=O)Nc2cccc(Nc3ccc4c(c3)NC(=O)/C4=C\c3[nH]cnc3C)c2)c1. The summed E-state index contributed by atoms with van der Waals surface area (Å²) in [6, 6.07) is 20.7. The zero-order chi connectivity index (χ0) is 23.7. The van der Waals surface area contributed by atoms with Gasteiger partial charge in [-0.1, -0.05) is 29.8 Å². The van der Waals surface area contributed by atoms with Crippen LogP contribution in [0.4, 0.5) is 22.7 Å². The molecule has 7 heteroatoms. The van der Waals surface area contributed by atoms with Crippen LogP contribution < -0.4 is 16.0 Å². The van der Waals surface area contributed by atoms with Crippen molar-refractivity contribution < 1.29 is 9.59 Å². The number of aromatic nitrogens is 2. The van der Waals surface area contributed by atoms with Gasteiger partial charge in [0.25, 0.3) is 11.8 Å². The van der Waals surface area contributed by atoms with E-state index in [9.17, 15) is 9.59 Å². The molecule has 4 aromatic rings. The number of rotatable bonds is 5. The third kappa shape index (κ3) is 4.31. The predicted molar refractivity (Wildman–Crippen MR) is 135 cm³/mol. The fourth-order valence-electron chi connectivity index (χ4n) is 3.91. The first-order valence-corrected chi connectivity index (χ1v) is 10.9. The Morgan fingerprint density at radius 2 is 1.74 bits per heavy atom. The minimum atomic E-state index is -0.159. The molecule has 2 heterocycles. The van der Waals surface area contributed by atoms with Gasteiger partial charge < -0.3 is 20.9 Å². The van der Waals surface area contributed by atoms with Crippen molar-refractivity contribution in [3.05, 3.63) is 101 Å². The molecule has 1 aromatic heterocycles. The molecule has 1 aliphatic heterocycles. The maximum Gasteiger partial charge on any atom is 0.256 e. The van der Waals surface area contributed by atoms with E-state index in [4.69, 9.17) is 0 Å². The number of hydrogen-bond acceptors (Lipinski definition) is 4. The highest BCUT2D eigenvalue weighted by molar-refractivity contribution is 6.35. The maximum absolute atomic E-state index is 12.6. The number of aromatic amines is 1. The molecular weight excluding hydrogens is 426 g/mol. The molecule has 7 nitrogen and oxygen atoms in total. The largest absolute Gasteiger partial charge is 0.355 e. The van der Waals surface area contributed by atoms with E-state index >= 15 is 0 Å². The second kappa shape index (κ2) is 8.71. The number of nitrogens with zero attached hydrogens (tertiary/aromatic N) is 1. The number of nitrogens with one attached hydrogen (secondary N) is 4. The first-order valence-electron chi connectivity index (χ1n) is 10.9. The summed E-state index contributed by atoms with van der Waals surface area (Å²) in [5, 5.41) is 9.21. The molecule has 0 fully saturated rings. The lowest BCUT2D eigenvalue weighted by Crippen LogP contribution is -2.12. The molecule has 1 aliphatic rings. The summed E-state index contributed by atoms with van der Waals surface area (Å²) in [5.74, 6) is -0.310. The summed E-state index contributed by atoms with van der Waals surface area (Å²) >= 11 is 0. The van der Waals surface area contributed by atoms with Crippen LogP contribution in [0.1, 0.15) is 32.9 Å². The molecule has 0 atom stereocenters. The molecule has 0 bridgehead atoms. The summed E-state index contributed by atoms with van der Waals surface area (Å²) in [7, 11) is 0. The molecule has 34 heavy (non-hydrogen) atoms. The van der Waals surface area contributed by atoms with Gasteiger partial charge in [0, 0.05) is 28.2 Å². The van der Waals surface area contributed by atoms with Gasteiger partial charge in [0.15, 0.2) is 0 Å². The third-order valence-electron chi connectivity index (χ3n) is 5.65. The summed E-state index contributed by atoms with van der Waals surface area (Å²) in [6.07, 6.45) is 3.43. The minimum Gasteiger partial charge on any atom is -0.355 e. The molecule has 0 spiro atoms. The molecule has 0 unspecified atom stereocenters. The topological polar surface area (TPSA) is 98.9 Å². The smallest absolute Gasteiger partial charge is 0.256 e. The van der Waals surface area contributed by atoms with Crippen molar-refractivity contribution in [3.63, 3.8) is 0 Å². The van der Waals surface area contributed by atoms with Crippen molar-refractivity contribution in [2.24, 2.45) is 0 Å². The molecule has 0 radical (unpaired) electrons. The van der Waals surface area contributed by atoms with Gasteiger partial charge in [-0.2, -0.15) is 0 Å². The summed E-state index contributed by atoms with van der Waals surface area (Å²) in [5.41, 5.74) is 7.78. The highest BCUT2D eigenvalue weighted by Gasteiger charge is 2.24. The van der Waals surface area contributed by atoms with Crippen LogP contribution in [-0.4, -0.2) is 21.8 Å². The summed E-state index contributed by atoms with van der Waals surface area (Å²) in [6.45, 7) is 3.85. The van der Waals surface area contributed by atoms with Gasteiger partial charge in [0.1, 0.15) is 0 Å². The fraction of sp³-hybridized carbons (Fsp3) is 0.0741. The molecule has 2 amide bonds. The zero-order valence-electron chi connectivity index (χ0n) is 18.8. The van der Waals surface area contributed by atoms with Crippen LogP contribution in [0, 0.1) is 13.8 Å². The molecule has 0 aliphatic carbocycles. The Labute approximate surface area is 196 Å². The van der Waals surface area contributed by atoms with Crippen LogP contribution >= 0.6 is 0 Å². The van der Waals surface area contributed by atoms with Crippen molar-refractivity contribution in [3.8, 4) is 0 Å². The number of H-pyrrole nitrogens is 1. The Morgan fingerprint density at radius 3 is 2.53 bits per heavy atom. The number of hydrogen-bond donors (Lipinski definition) is 4. The monoisotopic (exact) mass is 449 g/mol. The van der Waals surface area contributed by atoms with E-state index in [-0.39, 0.29) is 11.8 Å². The molecule has 5 rings (SSSR count). The number of benzene rings is 3. The highest BCUT2D eigenvalue weighted by Crippen LogP contribution is 2.36. The van der Waals surface area contributed by atoms with Crippen molar-refractivity contribution in [2.75, 3.05) is 16.0 Å². The third-order valence-corrected chi connectivity index (χ3v) is 5.65. The van der Waals surface area contributed by atoms with Gasteiger partial charge in [-0.05, 0) is 62.4 Å². The highest BCUT2D eigenvalue weighted by atomic mass is 16.2. The Hall–Kier alpha value is -4.65. The molecular formula is C27H23N5O2. The molecule has 168 valence electrons. The quantitative estimate of drug-likeness (QED) is 0.302. The van der Waals surface area contributed by atoms with Crippen molar-refractivity contribution in [1.82, 2.24) is 9.97 Å². The van der Waals surface area contributed by atoms with Crippen LogP contribution in [-0.2, 0) is 4.79 Å². The summed E-state index contributed by atoms with van der Waals surface area (Å²) < 4.78 is 0. The molecule has 3 aromatic carbocycles. The van der Waals surface area contributed by atoms with Gasteiger partial charge in [0.2, 0.25) is 0 Å². The van der Waals surface area contributed by atoms with E-state index in [1.165, 1.54) is 0 Å². The predicted octanol–water partition coefficient (Wildman–Crippen LogP) is 5.52. The standard InChI is InChI=1S/C27H23N5O2/c1-16-5-3-6-18(11-16)26(33)31-20-8-4-7-19(12-20)30-21-9-10-22-23(27(34)32-25(22)13-21)14-24-17(2)28-15-29-24/h3-15,30H,1-2H3,(H,28,29)(H,31,33)(H,32,34)/b23-14-. The number of fused-ring (bicyclic) bond motifs is 1. The first-order chi connectivity index (χ1) is 16.5. The van der Waals surface area contributed by atoms with Crippen LogP contribution in [0.3, 0.4) is 0 Å². The Morgan fingerprint density at radius 1 is 0.941 bits per heavy atom. The summed E-state index contributed by atoms with van der Waals surface area (Å²) in [4.78, 5) is 32.4. The van der Waals surface area contributed by atoms with Gasteiger partial charge in [-0.15, -0.1) is 0 Å². The number of imidazole rings is 1. The van der Waals surface area contributed by atoms with Crippen molar-refractivity contribution >= 4 is 46.2 Å². The Bertz CT molecular complexity index is 1450. The van der Waals surface area contributed by atoms with E-state index in [1.807, 2.05) is 80.6 Å². The number of carbonyl (C=O) groups is 2. The number of amides is 2. The van der Waals surface area contributed by atoms with Crippen LogP contribution in [0.5, 0.6) is 0 Å². The molecule has 0 saturated carbocycles. The minimum absolute atomic E-state index is 0.151. The second-order valence-corrected chi connectivity index (χ2v) is 8.20. The van der Waals surface area contributed by atoms with Crippen LogP contribution in [0.2, 0.25) is 0 Å². The zero-order valence-corrected chi connectivity index (χ0v) is 18.8. The average molecular weight is 450 g/mol. The van der Waals surface area contributed by atoms with Crippen molar-refractivity contribution in [1.29, 1.82) is 0 Å². The van der Waals surface area contributed by atoms with Crippen molar-refractivity contribution in [2.45, 2.75) is 13.8 Å². The van der Waals surface area contributed by atoms with Gasteiger partial charge in [-0.25, -0.2) is 4.98 Å². The van der Waals surface area contributed by atoms with E-state index < -0.39 is 0 Å². The number of anilines is 4. The first kappa shape index (κ1) is 21.2. The Balaban J connectivity index is 1.34. The second-order valence-electron chi connectivity index (χ2n) is 8.20. The van der Waals surface area contributed by atoms with E-state index in [2.05, 4.69) is 25.9 Å². The average Bonchev–Trinajstić information content (AvgIpc) is 3.36. The van der Waals surface area contributed by atoms with Crippen LogP contribution in [0.15, 0.2) is 73.1 Å². The van der Waals surface area contributed by atoms with Gasteiger partial charge in [0.05, 0.1) is 29.0 Å². The van der Waals surface area contributed by atoms with Crippen LogP contribution in [0.25, 0.3) is 11.6 Å². The van der Waals surface area contributed by atoms with E-state index in [1.54, 1.807) is 12.4 Å². The lowest BCUT2D eigenvalue weighted by Gasteiger charge is -2.11. The van der Waals surface area contributed by atoms with E-state index in [0.717, 1.165) is 39.6 Å². The Kier molecular flexibility index (Phi) is 5.43. The lowest BCUT2D eigenvalue weighted by atomic mass is 10.0. The number of aryl methyl sites for hydroxylation is 2. The molecule has 4 N–H and O–H groups in total. The molecule has 0 saturated heterocycles. The maximum atomic E-state index is 12.6. The van der Waals surface area contributed by atoms with Gasteiger partial charge >= 0.3 is 0 Å². The lowest BCUT2D eigenvalue weighted by molar-refractivity contribution is -0.110. The van der Waals surface area contributed by atoms with E-state index in [0.29, 0.717) is 16.8 Å². The van der Waals surface area contributed by atoms with Gasteiger partial charge in [-0.3, -0.25) is 9.59 Å². The number of carbonyl (C=O) groups excluding carboxylic acids is 2. The normalized spacial score (nSPS) is 13.5. The fourth-order valence-corrected chi connectivity index (χ4v) is 3.91.